The van der Waals surface area contributed by atoms with Crippen LogP contribution in [0.15, 0.2) is 91.1 Å². The molecule has 0 saturated carbocycles. The number of pyridine rings is 1. The van der Waals surface area contributed by atoms with Gasteiger partial charge in [-0.25, -0.2) is 0 Å². The molecule has 0 bridgehead atoms. The van der Waals surface area contributed by atoms with Gasteiger partial charge in [-0.15, -0.1) is 0 Å². The lowest BCUT2D eigenvalue weighted by Crippen LogP contribution is -2.30. The smallest absolute Gasteiger partial charge is 0.174 e. The minimum atomic E-state index is -0.162. The van der Waals surface area contributed by atoms with Crippen LogP contribution in [-0.4, -0.2) is 28.9 Å². The molecule has 2 atom stereocenters. The zero-order valence-corrected chi connectivity index (χ0v) is 23.2. The molecule has 3 aromatic carbocycles. The van der Waals surface area contributed by atoms with Gasteiger partial charge in [-0.1, -0.05) is 42.5 Å². The first-order chi connectivity index (χ1) is 19.0. The van der Waals surface area contributed by atoms with Crippen LogP contribution in [0.25, 0.3) is 16.5 Å². The van der Waals surface area contributed by atoms with Gasteiger partial charge in [0.05, 0.1) is 43.4 Å². The van der Waals surface area contributed by atoms with Crippen molar-refractivity contribution in [3.8, 4) is 17.2 Å². The molecule has 2 aromatic heterocycles. The normalized spacial score (nSPS) is 16.9. The van der Waals surface area contributed by atoms with Gasteiger partial charge < -0.3 is 24.3 Å². The van der Waals surface area contributed by atoms with Crippen LogP contribution < -0.4 is 19.7 Å². The summed E-state index contributed by atoms with van der Waals surface area (Å²) in [5.41, 5.74) is 6.42. The molecule has 6 nitrogen and oxygen atoms in total. The molecule has 1 N–H and O–H groups in total. The number of hydrogen-bond acceptors (Lipinski definition) is 4. The van der Waals surface area contributed by atoms with E-state index in [0.717, 1.165) is 34.2 Å². The van der Waals surface area contributed by atoms with E-state index in [0.29, 0.717) is 10.9 Å². The summed E-state index contributed by atoms with van der Waals surface area (Å²) in [5.74, 6) is 1.41. The molecular weight excluding hydrogens is 504 g/mol. The highest BCUT2D eigenvalue weighted by Gasteiger charge is 2.43. The molecule has 3 heterocycles. The number of aryl methyl sites for hydroxylation is 1. The van der Waals surface area contributed by atoms with Crippen LogP contribution in [0.2, 0.25) is 0 Å². The van der Waals surface area contributed by atoms with Crippen LogP contribution in [0, 0.1) is 13.8 Å². The van der Waals surface area contributed by atoms with E-state index in [1.807, 2.05) is 42.6 Å². The van der Waals surface area contributed by atoms with Gasteiger partial charge in [0.15, 0.2) is 5.11 Å². The van der Waals surface area contributed by atoms with Crippen LogP contribution in [0.4, 0.5) is 5.69 Å². The van der Waals surface area contributed by atoms with E-state index in [9.17, 15) is 0 Å². The summed E-state index contributed by atoms with van der Waals surface area (Å²) in [4.78, 5) is 6.88. The molecular formula is C32H30N4O2S. The van der Waals surface area contributed by atoms with E-state index in [2.05, 4.69) is 77.2 Å². The first-order valence-electron chi connectivity index (χ1n) is 12.9. The summed E-state index contributed by atoms with van der Waals surface area (Å²) < 4.78 is 13.6. The standard InChI is InChI=1S/C32H30N4O2S/c1-20-18-25(21(2)35(20)27-14-9-11-22-10-5-6-12-24(22)27)31-30(26-13-7-8-17-33-26)34-32(39)36(31)28-16-15-23(37-3)19-29(28)38-4/h5-19,30-31H,1-4H3,(H,34,39)/t30-,31-/m0/s1. The average Bonchev–Trinajstić information content (AvgIpc) is 3.47. The quantitative estimate of drug-likeness (QED) is 0.241. The summed E-state index contributed by atoms with van der Waals surface area (Å²) in [6, 6.07) is 28.7. The van der Waals surface area contributed by atoms with E-state index >= 15 is 0 Å². The SMILES string of the molecule is COc1ccc(N2C(=S)N[C@@H](c3ccccn3)[C@@H]2c2cc(C)n(-c3cccc4ccccc34)c2C)c(OC)c1. The number of benzene rings is 3. The van der Waals surface area contributed by atoms with Crippen molar-refractivity contribution in [2.45, 2.75) is 25.9 Å². The molecule has 7 heteroatoms. The first kappa shape index (κ1) is 24.9. The Balaban J connectivity index is 1.56. The molecule has 1 aliphatic heterocycles. The number of fused-ring (bicyclic) bond motifs is 1. The van der Waals surface area contributed by atoms with E-state index in [-0.39, 0.29) is 12.1 Å². The molecule has 0 spiro atoms. The highest BCUT2D eigenvalue weighted by atomic mass is 32.1. The molecule has 1 aliphatic rings. The number of rotatable bonds is 6. The van der Waals surface area contributed by atoms with Crippen molar-refractivity contribution < 1.29 is 9.47 Å². The lowest BCUT2D eigenvalue weighted by atomic mass is 9.96. The number of aromatic nitrogens is 2. The molecule has 0 aliphatic carbocycles. The summed E-state index contributed by atoms with van der Waals surface area (Å²) in [6.07, 6.45) is 1.83. The topological polar surface area (TPSA) is 51.5 Å². The second kappa shape index (κ2) is 10.1. The molecule has 196 valence electrons. The minimum Gasteiger partial charge on any atom is -0.497 e. The third-order valence-corrected chi connectivity index (χ3v) is 7.86. The lowest BCUT2D eigenvalue weighted by molar-refractivity contribution is 0.394. The monoisotopic (exact) mass is 534 g/mol. The second-order valence-corrected chi connectivity index (χ2v) is 10.1. The molecule has 0 unspecified atom stereocenters. The number of nitrogens with one attached hydrogen (secondary N) is 1. The fourth-order valence-corrected chi connectivity index (χ4v) is 6.11. The van der Waals surface area contributed by atoms with Crippen molar-refractivity contribution in [2.24, 2.45) is 0 Å². The Morgan fingerprint density at radius 1 is 0.846 bits per heavy atom. The molecule has 1 saturated heterocycles. The highest BCUT2D eigenvalue weighted by Crippen LogP contribution is 2.47. The Morgan fingerprint density at radius 3 is 2.41 bits per heavy atom. The van der Waals surface area contributed by atoms with Gasteiger partial charge in [-0.2, -0.15) is 0 Å². The van der Waals surface area contributed by atoms with Crippen molar-refractivity contribution in [1.29, 1.82) is 0 Å². The zero-order chi connectivity index (χ0) is 27.1. The summed E-state index contributed by atoms with van der Waals surface area (Å²) >= 11 is 5.98. The first-order valence-corrected chi connectivity index (χ1v) is 13.3. The van der Waals surface area contributed by atoms with Crippen molar-refractivity contribution in [1.82, 2.24) is 14.9 Å². The number of anilines is 1. The van der Waals surface area contributed by atoms with E-state index in [1.165, 1.54) is 16.3 Å². The van der Waals surface area contributed by atoms with E-state index in [4.69, 9.17) is 26.7 Å². The fraction of sp³-hybridized carbons (Fsp3) is 0.188. The predicted octanol–water partition coefficient (Wildman–Crippen LogP) is 6.84. The maximum absolute atomic E-state index is 5.98. The molecule has 6 rings (SSSR count). The number of nitrogens with zero attached hydrogens (tertiary/aromatic N) is 3. The van der Waals surface area contributed by atoms with Crippen molar-refractivity contribution >= 4 is 33.8 Å². The fourth-order valence-electron chi connectivity index (χ4n) is 5.78. The Hall–Kier alpha value is -4.36. The Bertz CT molecular complexity index is 1680. The van der Waals surface area contributed by atoms with Crippen molar-refractivity contribution in [3.63, 3.8) is 0 Å². The Kier molecular flexibility index (Phi) is 6.45. The third-order valence-electron chi connectivity index (χ3n) is 7.54. The highest BCUT2D eigenvalue weighted by molar-refractivity contribution is 7.80. The van der Waals surface area contributed by atoms with Gasteiger partial charge in [0.25, 0.3) is 0 Å². The number of thiocarbonyl (C=S) groups is 1. The van der Waals surface area contributed by atoms with Gasteiger partial charge in [0.1, 0.15) is 11.5 Å². The summed E-state index contributed by atoms with van der Waals surface area (Å²) in [5, 5.41) is 6.61. The predicted molar refractivity (Wildman–Crippen MR) is 160 cm³/mol. The molecule has 0 amide bonds. The molecule has 1 fully saturated rings. The Labute approximate surface area is 233 Å². The van der Waals surface area contributed by atoms with Gasteiger partial charge in [0.2, 0.25) is 0 Å². The van der Waals surface area contributed by atoms with Gasteiger partial charge in [-0.05, 0) is 73.4 Å². The van der Waals surface area contributed by atoms with Crippen molar-refractivity contribution in [2.75, 3.05) is 19.1 Å². The van der Waals surface area contributed by atoms with E-state index < -0.39 is 0 Å². The van der Waals surface area contributed by atoms with Crippen molar-refractivity contribution in [3.05, 3.63) is 114 Å². The van der Waals surface area contributed by atoms with Crippen LogP contribution >= 0.6 is 12.2 Å². The maximum atomic E-state index is 5.98. The number of methoxy groups -OCH3 is 2. The summed E-state index contributed by atoms with van der Waals surface area (Å²) in [7, 11) is 3.32. The third kappa shape index (κ3) is 4.19. The lowest BCUT2D eigenvalue weighted by Gasteiger charge is -2.29. The molecule has 39 heavy (non-hydrogen) atoms. The van der Waals surface area contributed by atoms with Crippen LogP contribution in [-0.2, 0) is 0 Å². The molecule has 0 radical (unpaired) electrons. The average molecular weight is 535 g/mol. The maximum Gasteiger partial charge on any atom is 0.174 e. The van der Waals surface area contributed by atoms with Gasteiger partial charge in [0, 0.05) is 29.0 Å². The Morgan fingerprint density at radius 2 is 1.64 bits per heavy atom. The molecule has 5 aromatic rings. The van der Waals surface area contributed by atoms with Crippen LogP contribution in [0.5, 0.6) is 11.5 Å². The number of hydrogen-bond donors (Lipinski definition) is 1. The largest absolute Gasteiger partial charge is 0.497 e. The van der Waals surface area contributed by atoms with Gasteiger partial charge >= 0.3 is 0 Å². The zero-order valence-electron chi connectivity index (χ0n) is 22.4. The van der Waals surface area contributed by atoms with Crippen LogP contribution in [0.1, 0.15) is 34.7 Å². The van der Waals surface area contributed by atoms with E-state index in [1.54, 1.807) is 14.2 Å². The second-order valence-electron chi connectivity index (χ2n) is 9.69. The minimum absolute atomic E-state index is 0.160. The van der Waals surface area contributed by atoms with Gasteiger partial charge in [-0.3, -0.25) is 4.98 Å². The summed E-state index contributed by atoms with van der Waals surface area (Å²) in [6.45, 7) is 4.34. The van der Waals surface area contributed by atoms with Crippen LogP contribution in [0.3, 0.4) is 0 Å². The number of ether oxygens (including phenoxy) is 2.